The Morgan fingerprint density at radius 3 is 1.84 bits per heavy atom. The van der Waals surface area contributed by atoms with Gasteiger partial charge in [0.15, 0.2) is 6.29 Å². The summed E-state index contributed by atoms with van der Waals surface area (Å²) in [6.45, 7) is 0. The molecule has 2 nitrogen and oxygen atoms in total. The number of rotatable bonds is 6. The van der Waals surface area contributed by atoms with Crippen molar-refractivity contribution in [2.45, 2.75) is 16.4 Å². The zero-order valence-electron chi connectivity index (χ0n) is 11.2. The Morgan fingerprint density at radius 2 is 1.32 bits per heavy atom. The van der Waals surface area contributed by atoms with Gasteiger partial charge in [-0.15, -0.1) is 11.8 Å². The summed E-state index contributed by atoms with van der Waals surface area (Å²) in [6.07, 6.45) is -0.271. The SMILES string of the molecule is COC(OC)C(Sc1ccccc1)c1ccccc1. The van der Waals surface area contributed by atoms with Gasteiger partial charge in [-0.1, -0.05) is 48.5 Å². The quantitative estimate of drug-likeness (QED) is 0.582. The molecule has 0 spiro atoms. The number of hydrogen-bond acceptors (Lipinski definition) is 3. The molecule has 1 atom stereocenters. The smallest absolute Gasteiger partial charge is 0.172 e. The van der Waals surface area contributed by atoms with E-state index in [0.717, 1.165) is 0 Å². The summed E-state index contributed by atoms with van der Waals surface area (Å²) in [5.74, 6) is 0. The molecule has 0 heterocycles. The van der Waals surface area contributed by atoms with Crippen LogP contribution in [-0.4, -0.2) is 20.5 Å². The lowest BCUT2D eigenvalue weighted by molar-refractivity contribution is -0.102. The van der Waals surface area contributed by atoms with Gasteiger partial charge < -0.3 is 9.47 Å². The maximum Gasteiger partial charge on any atom is 0.172 e. The van der Waals surface area contributed by atoms with Crippen LogP contribution in [0.4, 0.5) is 0 Å². The minimum Gasteiger partial charge on any atom is -0.354 e. The molecule has 0 aromatic heterocycles. The molecule has 0 radical (unpaired) electrons. The molecule has 19 heavy (non-hydrogen) atoms. The molecule has 0 aliphatic heterocycles. The predicted octanol–water partition coefficient (Wildman–Crippen LogP) is 4.14. The van der Waals surface area contributed by atoms with Crippen LogP contribution in [0.1, 0.15) is 10.8 Å². The van der Waals surface area contributed by atoms with Crippen molar-refractivity contribution < 1.29 is 9.47 Å². The van der Waals surface area contributed by atoms with Gasteiger partial charge in [0.05, 0.1) is 5.25 Å². The molecular formula is C16H18O2S. The third kappa shape index (κ3) is 3.83. The first-order valence-electron chi connectivity index (χ1n) is 6.17. The summed E-state index contributed by atoms with van der Waals surface area (Å²) in [7, 11) is 3.35. The van der Waals surface area contributed by atoms with Crippen LogP contribution in [0.25, 0.3) is 0 Å². The van der Waals surface area contributed by atoms with Gasteiger partial charge >= 0.3 is 0 Å². The van der Waals surface area contributed by atoms with E-state index < -0.39 is 0 Å². The zero-order valence-corrected chi connectivity index (χ0v) is 12.0. The largest absolute Gasteiger partial charge is 0.354 e. The first-order valence-corrected chi connectivity index (χ1v) is 7.05. The van der Waals surface area contributed by atoms with E-state index in [1.54, 1.807) is 26.0 Å². The summed E-state index contributed by atoms with van der Waals surface area (Å²) >= 11 is 1.75. The molecule has 1 unspecified atom stereocenters. The molecule has 0 bridgehead atoms. The van der Waals surface area contributed by atoms with Crippen molar-refractivity contribution in [3.05, 3.63) is 66.2 Å². The third-order valence-corrected chi connectivity index (χ3v) is 4.14. The highest BCUT2D eigenvalue weighted by atomic mass is 32.2. The minimum absolute atomic E-state index is 0.110. The summed E-state index contributed by atoms with van der Waals surface area (Å²) in [5, 5.41) is 0.110. The van der Waals surface area contributed by atoms with E-state index in [0.29, 0.717) is 0 Å². The van der Waals surface area contributed by atoms with Crippen molar-refractivity contribution in [2.24, 2.45) is 0 Å². The predicted molar refractivity (Wildman–Crippen MR) is 79.3 cm³/mol. The third-order valence-electron chi connectivity index (χ3n) is 2.85. The molecule has 0 aliphatic carbocycles. The molecule has 3 heteroatoms. The van der Waals surface area contributed by atoms with Crippen molar-refractivity contribution in [1.29, 1.82) is 0 Å². The van der Waals surface area contributed by atoms with E-state index in [9.17, 15) is 0 Å². The van der Waals surface area contributed by atoms with Gasteiger partial charge in [-0.2, -0.15) is 0 Å². The van der Waals surface area contributed by atoms with Crippen molar-refractivity contribution in [2.75, 3.05) is 14.2 Å². The van der Waals surface area contributed by atoms with Crippen molar-refractivity contribution >= 4 is 11.8 Å². The molecule has 2 aromatic carbocycles. The fraction of sp³-hybridized carbons (Fsp3) is 0.250. The van der Waals surface area contributed by atoms with Crippen LogP contribution in [0, 0.1) is 0 Å². The number of hydrogen-bond donors (Lipinski definition) is 0. The van der Waals surface area contributed by atoms with Gasteiger partial charge in [0.1, 0.15) is 0 Å². The number of thioether (sulfide) groups is 1. The van der Waals surface area contributed by atoms with Gasteiger partial charge in [-0.25, -0.2) is 0 Å². The first-order chi connectivity index (χ1) is 9.35. The van der Waals surface area contributed by atoms with Gasteiger partial charge in [-0.05, 0) is 17.7 Å². The minimum atomic E-state index is -0.271. The summed E-state index contributed by atoms with van der Waals surface area (Å²) in [6, 6.07) is 20.6. The van der Waals surface area contributed by atoms with Crippen molar-refractivity contribution in [3.63, 3.8) is 0 Å². The highest BCUT2D eigenvalue weighted by molar-refractivity contribution is 7.99. The van der Waals surface area contributed by atoms with E-state index in [1.165, 1.54) is 10.5 Å². The normalized spacial score (nSPS) is 12.6. The Labute approximate surface area is 118 Å². The molecule has 0 fully saturated rings. The highest BCUT2D eigenvalue weighted by Crippen LogP contribution is 2.38. The Kier molecular flexibility index (Phi) is 5.45. The first kappa shape index (κ1) is 14.1. The topological polar surface area (TPSA) is 18.5 Å². The van der Waals surface area contributed by atoms with Crippen LogP contribution in [0.3, 0.4) is 0 Å². The Hall–Kier alpha value is -1.29. The van der Waals surface area contributed by atoms with Crippen LogP contribution in [0.2, 0.25) is 0 Å². The lowest BCUT2D eigenvalue weighted by Gasteiger charge is -2.24. The molecule has 100 valence electrons. The van der Waals surface area contributed by atoms with Crippen LogP contribution >= 0.6 is 11.8 Å². The summed E-state index contributed by atoms with van der Waals surface area (Å²) in [5.41, 5.74) is 1.20. The molecule has 0 saturated carbocycles. The lowest BCUT2D eigenvalue weighted by Crippen LogP contribution is -2.20. The zero-order chi connectivity index (χ0) is 13.5. The van der Waals surface area contributed by atoms with Crippen LogP contribution in [0.5, 0.6) is 0 Å². The van der Waals surface area contributed by atoms with E-state index >= 15 is 0 Å². The number of benzene rings is 2. The van der Waals surface area contributed by atoms with Gasteiger partial charge in [0, 0.05) is 19.1 Å². The second-order valence-corrected chi connectivity index (χ2v) is 5.32. The number of methoxy groups -OCH3 is 2. The van der Waals surface area contributed by atoms with Crippen molar-refractivity contribution in [3.8, 4) is 0 Å². The van der Waals surface area contributed by atoms with E-state index in [1.807, 2.05) is 36.4 Å². The average Bonchev–Trinajstić information content (AvgIpc) is 2.49. The fourth-order valence-electron chi connectivity index (χ4n) is 1.91. The van der Waals surface area contributed by atoms with E-state index in [4.69, 9.17) is 9.47 Å². The van der Waals surface area contributed by atoms with Crippen molar-refractivity contribution in [1.82, 2.24) is 0 Å². The van der Waals surface area contributed by atoms with Gasteiger partial charge in [-0.3, -0.25) is 0 Å². The Morgan fingerprint density at radius 1 is 0.789 bits per heavy atom. The molecular weight excluding hydrogens is 256 g/mol. The number of ether oxygens (including phenoxy) is 2. The van der Waals surface area contributed by atoms with E-state index in [-0.39, 0.29) is 11.5 Å². The molecule has 2 aromatic rings. The highest BCUT2D eigenvalue weighted by Gasteiger charge is 2.23. The lowest BCUT2D eigenvalue weighted by atomic mass is 10.1. The standard InChI is InChI=1S/C16H18O2S/c1-17-16(18-2)15(13-9-5-3-6-10-13)19-14-11-7-4-8-12-14/h3-12,15-16H,1-2H3. The van der Waals surface area contributed by atoms with Crippen LogP contribution < -0.4 is 0 Å². The molecule has 0 aliphatic rings. The Bertz CT molecular complexity index is 469. The molecule has 0 amide bonds. The fourth-order valence-corrected chi connectivity index (χ4v) is 3.15. The molecule has 0 N–H and O–H groups in total. The second kappa shape index (κ2) is 7.34. The average molecular weight is 274 g/mol. The second-order valence-electron chi connectivity index (χ2n) is 4.10. The van der Waals surface area contributed by atoms with Crippen LogP contribution in [0.15, 0.2) is 65.6 Å². The van der Waals surface area contributed by atoms with Crippen LogP contribution in [-0.2, 0) is 9.47 Å². The summed E-state index contributed by atoms with van der Waals surface area (Å²) < 4.78 is 10.9. The monoisotopic (exact) mass is 274 g/mol. The van der Waals surface area contributed by atoms with Gasteiger partial charge in [0.2, 0.25) is 0 Å². The van der Waals surface area contributed by atoms with E-state index in [2.05, 4.69) is 24.3 Å². The maximum atomic E-state index is 5.45. The molecule has 0 saturated heterocycles. The molecule has 2 rings (SSSR count). The Balaban J connectivity index is 2.24. The summed E-state index contributed by atoms with van der Waals surface area (Å²) in [4.78, 5) is 1.20. The maximum absolute atomic E-state index is 5.45. The van der Waals surface area contributed by atoms with Gasteiger partial charge in [0.25, 0.3) is 0 Å².